The van der Waals surface area contributed by atoms with E-state index in [1.54, 1.807) is 11.8 Å². The first-order valence-electron chi connectivity index (χ1n) is 5.44. The number of hydrogen-bond acceptors (Lipinski definition) is 4. The van der Waals surface area contributed by atoms with Crippen LogP contribution in [0.4, 0.5) is 5.69 Å². The van der Waals surface area contributed by atoms with E-state index < -0.39 is 10.0 Å². The predicted molar refractivity (Wildman–Crippen MR) is 83.7 cm³/mol. The molecule has 2 N–H and O–H groups in total. The molecule has 0 aliphatic heterocycles. The minimum Gasteiger partial charge on any atom is -0.396 e. The fourth-order valence-corrected chi connectivity index (χ4v) is 4.39. The van der Waals surface area contributed by atoms with E-state index in [-0.39, 0.29) is 26.7 Å². The second-order valence-electron chi connectivity index (χ2n) is 4.10. The molecule has 1 atom stereocenters. The molecule has 1 rings (SSSR count). The summed E-state index contributed by atoms with van der Waals surface area (Å²) >= 11 is 13.4. The van der Waals surface area contributed by atoms with Crippen molar-refractivity contribution in [3.8, 4) is 0 Å². The highest BCUT2D eigenvalue weighted by Gasteiger charge is 2.28. The van der Waals surface area contributed by atoms with Gasteiger partial charge in [-0.25, -0.2) is 8.42 Å². The number of benzene rings is 1. The molecule has 0 amide bonds. The largest absolute Gasteiger partial charge is 0.396 e. The van der Waals surface area contributed by atoms with Crippen molar-refractivity contribution in [2.24, 2.45) is 0 Å². The second-order valence-corrected chi connectivity index (χ2v) is 7.76. The molecule has 0 aliphatic carbocycles. The maximum atomic E-state index is 12.5. The number of nitrogen functional groups attached to an aromatic ring is 1. The summed E-state index contributed by atoms with van der Waals surface area (Å²) in [7, 11) is -2.16. The molecule has 0 spiro atoms. The summed E-state index contributed by atoms with van der Waals surface area (Å²) < 4.78 is 26.2. The van der Waals surface area contributed by atoms with Gasteiger partial charge in [-0.05, 0) is 25.3 Å². The van der Waals surface area contributed by atoms with Gasteiger partial charge in [0.15, 0.2) is 0 Å². The molecule has 0 fully saturated rings. The van der Waals surface area contributed by atoms with Gasteiger partial charge in [-0.2, -0.15) is 16.1 Å². The number of halogens is 2. The average Bonchev–Trinajstić information content (AvgIpc) is 2.35. The first kappa shape index (κ1) is 16.9. The molecule has 108 valence electrons. The lowest BCUT2D eigenvalue weighted by atomic mass is 10.3. The molecule has 19 heavy (non-hydrogen) atoms. The Morgan fingerprint density at radius 3 is 2.53 bits per heavy atom. The van der Waals surface area contributed by atoms with Crippen LogP contribution in [0.3, 0.4) is 0 Å². The molecule has 1 unspecified atom stereocenters. The van der Waals surface area contributed by atoms with Crippen molar-refractivity contribution in [3.63, 3.8) is 0 Å². The number of nitrogens with two attached hydrogens (primary N) is 1. The summed E-state index contributed by atoms with van der Waals surface area (Å²) in [5.74, 6) is 0.691. The highest BCUT2D eigenvalue weighted by atomic mass is 35.5. The van der Waals surface area contributed by atoms with Crippen molar-refractivity contribution < 1.29 is 8.42 Å². The van der Waals surface area contributed by atoms with Gasteiger partial charge in [0.05, 0.1) is 15.7 Å². The molecule has 1 aromatic carbocycles. The average molecular weight is 343 g/mol. The lowest BCUT2D eigenvalue weighted by Gasteiger charge is -2.24. The molecular formula is C11H16Cl2N2O2S2. The molecule has 0 aromatic heterocycles. The standard InChI is InChI=1S/C11H16Cl2N2O2S2/c1-7(6-18-3)15(2)19(16,17)9-5-4-8(12)11(14)10(9)13/h4-5,7H,6,14H2,1-3H3. The number of nitrogens with zero attached hydrogens (tertiary/aromatic N) is 1. The number of hydrogen-bond donors (Lipinski definition) is 1. The topological polar surface area (TPSA) is 63.4 Å². The zero-order valence-corrected chi connectivity index (χ0v) is 14.0. The summed E-state index contributed by atoms with van der Waals surface area (Å²) in [5, 5.41) is 0.208. The minimum atomic E-state index is -3.68. The van der Waals surface area contributed by atoms with Crippen LogP contribution >= 0.6 is 35.0 Å². The Kier molecular flexibility index (Phi) is 5.82. The van der Waals surface area contributed by atoms with E-state index in [9.17, 15) is 8.42 Å². The lowest BCUT2D eigenvalue weighted by molar-refractivity contribution is 0.415. The monoisotopic (exact) mass is 342 g/mol. The quantitative estimate of drug-likeness (QED) is 0.835. The van der Waals surface area contributed by atoms with Crippen LogP contribution in [-0.4, -0.2) is 37.8 Å². The van der Waals surface area contributed by atoms with Crippen molar-refractivity contribution in [1.29, 1.82) is 0 Å². The number of sulfonamides is 1. The van der Waals surface area contributed by atoms with Crippen molar-refractivity contribution in [2.45, 2.75) is 17.9 Å². The van der Waals surface area contributed by atoms with Crippen molar-refractivity contribution in [3.05, 3.63) is 22.2 Å². The summed E-state index contributed by atoms with van der Waals surface area (Å²) in [4.78, 5) is -0.0217. The van der Waals surface area contributed by atoms with E-state index in [2.05, 4.69) is 0 Å². The molecule has 0 aliphatic rings. The van der Waals surface area contributed by atoms with E-state index >= 15 is 0 Å². The molecule has 0 bridgehead atoms. The van der Waals surface area contributed by atoms with Crippen LogP contribution in [-0.2, 0) is 10.0 Å². The highest BCUT2D eigenvalue weighted by molar-refractivity contribution is 7.98. The third kappa shape index (κ3) is 3.49. The number of thioether (sulfide) groups is 1. The summed E-state index contributed by atoms with van der Waals surface area (Å²) in [6.07, 6.45) is 1.92. The molecule has 0 heterocycles. The van der Waals surface area contributed by atoms with E-state index in [1.165, 1.54) is 23.5 Å². The molecule has 0 saturated heterocycles. The fourth-order valence-electron chi connectivity index (χ4n) is 1.49. The summed E-state index contributed by atoms with van der Waals surface area (Å²) in [6, 6.07) is 2.66. The van der Waals surface area contributed by atoms with Crippen LogP contribution in [0.15, 0.2) is 17.0 Å². The maximum Gasteiger partial charge on any atom is 0.244 e. The van der Waals surface area contributed by atoms with Gasteiger partial charge in [0.1, 0.15) is 4.90 Å². The third-order valence-corrected chi connectivity index (χ3v) is 6.46. The number of anilines is 1. The van der Waals surface area contributed by atoms with Crippen LogP contribution in [0, 0.1) is 0 Å². The van der Waals surface area contributed by atoms with Gasteiger partial charge in [-0.15, -0.1) is 0 Å². The van der Waals surface area contributed by atoms with E-state index in [1.807, 2.05) is 13.2 Å². The van der Waals surface area contributed by atoms with E-state index in [4.69, 9.17) is 28.9 Å². The SMILES string of the molecule is CSCC(C)N(C)S(=O)(=O)c1ccc(Cl)c(N)c1Cl. The van der Waals surface area contributed by atoms with Gasteiger partial charge in [0, 0.05) is 18.8 Å². The molecule has 8 heteroatoms. The van der Waals surface area contributed by atoms with Gasteiger partial charge in [0.2, 0.25) is 10.0 Å². The summed E-state index contributed by atoms with van der Waals surface area (Å²) in [6.45, 7) is 1.83. The van der Waals surface area contributed by atoms with Crippen molar-refractivity contribution in [2.75, 3.05) is 24.8 Å². The molecular weight excluding hydrogens is 327 g/mol. The Bertz CT molecular complexity index is 564. The first-order chi connectivity index (χ1) is 8.73. The zero-order valence-electron chi connectivity index (χ0n) is 10.9. The predicted octanol–water partition coefficient (Wildman–Crippen LogP) is 2.95. The highest BCUT2D eigenvalue weighted by Crippen LogP contribution is 2.34. The van der Waals surface area contributed by atoms with Crippen LogP contribution in [0.5, 0.6) is 0 Å². The normalized spacial score (nSPS) is 13.8. The van der Waals surface area contributed by atoms with Crippen LogP contribution in [0.2, 0.25) is 10.0 Å². The Morgan fingerprint density at radius 2 is 2.00 bits per heavy atom. The molecule has 0 radical (unpaired) electrons. The fraction of sp³-hybridized carbons (Fsp3) is 0.455. The Balaban J connectivity index is 3.25. The first-order valence-corrected chi connectivity index (χ1v) is 9.03. The summed E-state index contributed by atoms with van der Waals surface area (Å²) in [5.41, 5.74) is 5.74. The smallest absolute Gasteiger partial charge is 0.244 e. The maximum absolute atomic E-state index is 12.5. The third-order valence-electron chi connectivity index (χ3n) is 2.78. The second kappa shape index (κ2) is 6.54. The molecule has 0 saturated carbocycles. The van der Waals surface area contributed by atoms with Crippen molar-refractivity contribution in [1.82, 2.24) is 4.31 Å². The Hall–Kier alpha value is -0.140. The van der Waals surface area contributed by atoms with Gasteiger partial charge in [0.25, 0.3) is 0 Å². The molecule has 4 nitrogen and oxygen atoms in total. The van der Waals surface area contributed by atoms with Crippen molar-refractivity contribution >= 4 is 50.7 Å². The van der Waals surface area contributed by atoms with E-state index in [0.29, 0.717) is 5.75 Å². The van der Waals surface area contributed by atoms with Gasteiger partial charge in [-0.1, -0.05) is 23.2 Å². The zero-order chi connectivity index (χ0) is 14.8. The minimum absolute atomic E-state index is 0.0217. The lowest BCUT2D eigenvalue weighted by Crippen LogP contribution is -2.36. The van der Waals surface area contributed by atoms with Gasteiger partial charge < -0.3 is 5.73 Å². The Labute approximate surface area is 128 Å². The van der Waals surface area contributed by atoms with Crippen LogP contribution in [0.25, 0.3) is 0 Å². The van der Waals surface area contributed by atoms with Crippen LogP contribution in [0.1, 0.15) is 6.92 Å². The Morgan fingerprint density at radius 1 is 1.42 bits per heavy atom. The van der Waals surface area contributed by atoms with Gasteiger partial charge in [-0.3, -0.25) is 0 Å². The number of rotatable bonds is 5. The molecule has 1 aromatic rings. The van der Waals surface area contributed by atoms with E-state index in [0.717, 1.165) is 0 Å². The van der Waals surface area contributed by atoms with Crippen LogP contribution < -0.4 is 5.73 Å². The van der Waals surface area contributed by atoms with Gasteiger partial charge >= 0.3 is 0 Å².